The van der Waals surface area contributed by atoms with Crippen molar-refractivity contribution >= 4 is 52.5 Å². The maximum absolute atomic E-state index is 14.1. The highest BCUT2D eigenvalue weighted by atomic mass is 32.1. The van der Waals surface area contributed by atoms with Crippen LogP contribution >= 0.6 is 11.3 Å². The number of carbonyl (C=O) groups excluding carboxylic acids is 6. The van der Waals surface area contributed by atoms with Crippen molar-refractivity contribution in [2.75, 3.05) is 24.7 Å². The van der Waals surface area contributed by atoms with Gasteiger partial charge in [0.15, 0.2) is 0 Å². The number of nitrogens with two attached hydrogens (primary N) is 2. The molecule has 3 aromatic carbocycles. The van der Waals surface area contributed by atoms with E-state index < -0.39 is 53.5 Å². The van der Waals surface area contributed by atoms with Crippen LogP contribution in [0, 0.1) is 12.3 Å². The molecular formula is C52H66N8O8S. The number of β-amino-alcohol motifs (C(OH)–C–C–N with tert-alkyl or cyclic N) is 1. The Morgan fingerprint density at radius 1 is 0.913 bits per heavy atom. The third-order valence-electron chi connectivity index (χ3n) is 13.3. The van der Waals surface area contributed by atoms with E-state index in [1.54, 1.807) is 16.2 Å². The summed E-state index contributed by atoms with van der Waals surface area (Å²) >= 11 is 1.57. The van der Waals surface area contributed by atoms with Crippen LogP contribution in [0.3, 0.4) is 0 Å². The minimum Gasteiger partial charge on any atom is -0.391 e. The van der Waals surface area contributed by atoms with Gasteiger partial charge in [-0.1, -0.05) is 87.5 Å². The topological polar surface area (TPSA) is 239 Å². The third-order valence-corrected chi connectivity index (χ3v) is 14.3. The summed E-state index contributed by atoms with van der Waals surface area (Å²) in [5.41, 5.74) is 20.5. The van der Waals surface area contributed by atoms with Crippen molar-refractivity contribution < 1.29 is 38.6 Å². The molecule has 0 aliphatic carbocycles. The Balaban J connectivity index is 0.849. The summed E-state index contributed by atoms with van der Waals surface area (Å²) in [5.74, 6) is -2.15. The number of aryl methyl sites for hydroxylation is 4. The molecule has 16 nitrogen and oxygen atoms in total. The second-order valence-corrected chi connectivity index (χ2v) is 20.5. The fraction of sp³-hybridized carbons (Fsp3) is 0.481. The SMILES string of the molecule is Cc1ncsc1-c1ccc(CNC(=O)C2C[C@@H](O)CN2C(=O)[C@@H](NC(=O)CCc2ccc(CCCOC[C@H](CCC(N)=O)NC(=O)[C@@H]3Cc4cccc5c4N3C(=O)[C@@H](N)CC5)cc2)C(C)(C)C)cc1. The van der Waals surface area contributed by atoms with Gasteiger partial charge >= 0.3 is 0 Å². The first-order valence-electron chi connectivity index (χ1n) is 24.0. The van der Waals surface area contributed by atoms with Crippen LogP contribution in [-0.4, -0.2) is 107 Å². The molecule has 6 atom stereocenters. The highest BCUT2D eigenvalue weighted by Crippen LogP contribution is 2.39. The molecule has 3 aliphatic rings. The van der Waals surface area contributed by atoms with Crippen LogP contribution < -0.4 is 32.3 Å². The molecule has 3 aliphatic heterocycles. The fourth-order valence-corrected chi connectivity index (χ4v) is 10.2. The third kappa shape index (κ3) is 12.8. The summed E-state index contributed by atoms with van der Waals surface area (Å²) in [5, 5.41) is 19.5. The van der Waals surface area contributed by atoms with Crippen LogP contribution in [0.25, 0.3) is 10.4 Å². The number of para-hydroxylation sites is 1. The monoisotopic (exact) mass is 962 g/mol. The number of benzene rings is 3. The zero-order valence-electron chi connectivity index (χ0n) is 40.0. The average molecular weight is 963 g/mol. The quantitative estimate of drug-likeness (QED) is 0.0701. The van der Waals surface area contributed by atoms with Crippen molar-refractivity contribution in [3.8, 4) is 10.4 Å². The molecule has 4 heterocycles. The highest BCUT2D eigenvalue weighted by Gasteiger charge is 2.45. The maximum Gasteiger partial charge on any atom is 0.246 e. The lowest BCUT2D eigenvalue weighted by molar-refractivity contribution is -0.144. The number of rotatable bonds is 20. The Kier molecular flexibility index (Phi) is 16.7. The Morgan fingerprint density at radius 3 is 2.29 bits per heavy atom. The average Bonchev–Trinajstić information content (AvgIpc) is 4.04. The number of carbonyl (C=O) groups is 6. The molecule has 4 aromatic rings. The zero-order chi connectivity index (χ0) is 49.4. The number of nitrogens with zero attached hydrogens (tertiary/aromatic N) is 3. The van der Waals surface area contributed by atoms with E-state index in [9.17, 15) is 33.9 Å². The Bertz CT molecular complexity index is 2490. The van der Waals surface area contributed by atoms with Crippen LogP contribution in [0.5, 0.6) is 0 Å². The number of aliphatic hydroxyl groups is 1. The summed E-state index contributed by atoms with van der Waals surface area (Å²) in [6.07, 6.45) is 3.14. The van der Waals surface area contributed by atoms with E-state index >= 15 is 0 Å². The van der Waals surface area contributed by atoms with Crippen molar-refractivity contribution in [1.82, 2.24) is 25.8 Å². The van der Waals surface area contributed by atoms with Crippen molar-refractivity contribution in [1.29, 1.82) is 0 Å². The van der Waals surface area contributed by atoms with Gasteiger partial charge in [-0.2, -0.15) is 0 Å². The lowest BCUT2D eigenvalue weighted by Crippen LogP contribution is -2.57. The number of hydrogen-bond acceptors (Lipinski definition) is 11. The van der Waals surface area contributed by atoms with Gasteiger partial charge in [-0.3, -0.25) is 33.7 Å². The molecule has 1 unspecified atom stereocenters. The molecule has 368 valence electrons. The maximum atomic E-state index is 14.1. The number of hydrogen-bond donors (Lipinski definition) is 6. The van der Waals surface area contributed by atoms with E-state index in [2.05, 4.69) is 20.9 Å². The van der Waals surface area contributed by atoms with Crippen LogP contribution in [0.2, 0.25) is 0 Å². The van der Waals surface area contributed by atoms with Gasteiger partial charge < -0.3 is 42.2 Å². The van der Waals surface area contributed by atoms with Crippen molar-refractivity contribution in [3.05, 3.63) is 106 Å². The van der Waals surface area contributed by atoms with E-state index in [0.29, 0.717) is 45.1 Å². The summed E-state index contributed by atoms with van der Waals surface area (Å²) in [7, 11) is 0. The van der Waals surface area contributed by atoms with Gasteiger partial charge in [0.2, 0.25) is 35.4 Å². The zero-order valence-corrected chi connectivity index (χ0v) is 40.8. The Labute approximate surface area is 407 Å². The van der Waals surface area contributed by atoms with Crippen molar-refractivity contribution in [2.45, 2.75) is 135 Å². The lowest BCUT2D eigenvalue weighted by Gasteiger charge is -2.35. The highest BCUT2D eigenvalue weighted by molar-refractivity contribution is 7.13. The molecule has 0 saturated carbocycles. The largest absolute Gasteiger partial charge is 0.391 e. The number of thiazole rings is 1. The molecule has 1 fully saturated rings. The van der Waals surface area contributed by atoms with Crippen LogP contribution in [-0.2, 0) is 65.7 Å². The predicted octanol–water partition coefficient (Wildman–Crippen LogP) is 3.79. The van der Waals surface area contributed by atoms with Gasteiger partial charge in [-0.15, -0.1) is 11.3 Å². The van der Waals surface area contributed by atoms with Crippen LogP contribution in [0.4, 0.5) is 5.69 Å². The first-order valence-corrected chi connectivity index (χ1v) is 24.8. The molecule has 69 heavy (non-hydrogen) atoms. The van der Waals surface area contributed by atoms with E-state index in [1.165, 1.54) is 4.90 Å². The number of anilines is 1. The normalized spacial score (nSPS) is 19.7. The predicted molar refractivity (Wildman–Crippen MR) is 264 cm³/mol. The van der Waals surface area contributed by atoms with E-state index in [1.807, 2.05) is 99.9 Å². The summed E-state index contributed by atoms with van der Waals surface area (Å²) in [4.78, 5) is 88.2. The molecule has 7 rings (SSSR count). The number of primary amides is 1. The molecule has 1 saturated heterocycles. The minimum atomic E-state index is -0.925. The lowest BCUT2D eigenvalue weighted by atomic mass is 9.85. The number of aromatic nitrogens is 1. The fourth-order valence-electron chi connectivity index (χ4n) is 9.42. The van der Waals surface area contributed by atoms with Gasteiger partial charge in [-0.05, 0) is 84.2 Å². The number of amides is 6. The second-order valence-electron chi connectivity index (χ2n) is 19.6. The molecule has 0 radical (unpaired) electrons. The minimum absolute atomic E-state index is 0.00727. The Morgan fingerprint density at radius 2 is 1.61 bits per heavy atom. The van der Waals surface area contributed by atoms with Gasteiger partial charge in [0, 0.05) is 45.4 Å². The molecule has 1 aromatic heterocycles. The van der Waals surface area contributed by atoms with Crippen LogP contribution in [0.15, 0.2) is 72.2 Å². The van der Waals surface area contributed by atoms with Crippen molar-refractivity contribution in [3.63, 3.8) is 0 Å². The molecule has 8 N–H and O–H groups in total. The molecule has 6 amide bonds. The van der Waals surface area contributed by atoms with E-state index in [4.69, 9.17) is 16.2 Å². The molecule has 17 heteroatoms. The first-order chi connectivity index (χ1) is 33.0. The number of likely N-dealkylation sites (tertiary alicyclic amines) is 1. The van der Waals surface area contributed by atoms with E-state index in [-0.39, 0.29) is 62.6 Å². The second kappa shape index (κ2) is 22.6. The summed E-state index contributed by atoms with van der Waals surface area (Å²) in [6.45, 7) is 8.37. The first kappa shape index (κ1) is 50.9. The molecular weight excluding hydrogens is 897 g/mol. The van der Waals surface area contributed by atoms with E-state index in [0.717, 1.165) is 56.1 Å². The van der Waals surface area contributed by atoms with Crippen molar-refractivity contribution in [2.24, 2.45) is 16.9 Å². The smallest absolute Gasteiger partial charge is 0.246 e. The standard InChI is InChI=1S/C52H66N8O8S/c1-31-46(69-30-56-31)36-17-14-34(15-18-36)27-55-48(64)41-26-39(61)28-59(41)51(67)47(52(2,3)4)58-44(63)23-16-33-12-10-32(11-13-33)7-6-24-68-29-38(20-22-43(54)62)57-49(65)42-25-37-9-5-8-35-19-21-40(53)50(66)60(42)45(35)37/h5,8-15,17-18,30,38-42,47,61H,6-7,16,19-29,53H2,1-4H3,(H2,54,62)(H,55,64)(H,57,65)(H,58,63)/t38-,39+,40-,41?,42-,47+/m0/s1. The van der Waals surface area contributed by atoms with Gasteiger partial charge in [0.05, 0.1) is 46.6 Å². The number of aliphatic hydroxyl groups excluding tert-OH is 1. The summed E-state index contributed by atoms with van der Waals surface area (Å²) in [6, 6.07) is 18.0. The van der Waals surface area contributed by atoms with Gasteiger partial charge in [0.1, 0.15) is 18.1 Å². The molecule has 0 bridgehead atoms. The Hall–Kier alpha value is -6.01. The van der Waals surface area contributed by atoms with Crippen LogP contribution in [0.1, 0.15) is 92.8 Å². The van der Waals surface area contributed by atoms with Gasteiger partial charge in [-0.25, -0.2) is 4.98 Å². The van der Waals surface area contributed by atoms with Gasteiger partial charge in [0.25, 0.3) is 0 Å². The number of ether oxygens (including phenoxy) is 1. The summed E-state index contributed by atoms with van der Waals surface area (Å²) < 4.78 is 6.00. The molecule has 0 spiro atoms. The number of nitrogens with one attached hydrogen (secondary N) is 3.